The molecule has 0 aliphatic carbocycles. The standard InChI is InChI=1S/C20H27N7O3/c1-15-16(2)23-14-27(20(15)29)12-19(28)26-5-3-24(4-6-26)17-11-18(22-13-21-17)25-7-9-30-10-8-25/h11,13-14H,3-10,12H2,1-2H3. The SMILES string of the molecule is Cc1ncn(CC(=O)N2CCN(c3cc(N4CCOCC4)ncn3)CC2)c(=O)c1C. The maximum absolute atomic E-state index is 12.7. The van der Waals surface area contributed by atoms with Gasteiger partial charge >= 0.3 is 0 Å². The van der Waals surface area contributed by atoms with Crippen molar-refractivity contribution >= 4 is 17.5 Å². The number of morpholine rings is 1. The lowest BCUT2D eigenvalue weighted by atomic mass is 10.2. The molecule has 0 unspecified atom stereocenters. The lowest BCUT2D eigenvalue weighted by molar-refractivity contribution is -0.132. The lowest BCUT2D eigenvalue weighted by Crippen LogP contribution is -2.50. The second-order valence-electron chi connectivity index (χ2n) is 7.59. The predicted molar refractivity (Wildman–Crippen MR) is 112 cm³/mol. The van der Waals surface area contributed by atoms with Crippen LogP contribution in [-0.2, 0) is 16.1 Å². The first kappa shape index (κ1) is 20.3. The van der Waals surface area contributed by atoms with Crippen molar-refractivity contribution in [1.29, 1.82) is 0 Å². The lowest BCUT2D eigenvalue weighted by Gasteiger charge is -2.36. The van der Waals surface area contributed by atoms with Gasteiger partial charge in [0.1, 0.15) is 24.5 Å². The Balaban J connectivity index is 1.36. The van der Waals surface area contributed by atoms with Gasteiger partial charge in [-0.05, 0) is 13.8 Å². The van der Waals surface area contributed by atoms with E-state index in [0.717, 1.165) is 24.7 Å². The summed E-state index contributed by atoms with van der Waals surface area (Å²) in [5, 5.41) is 0. The molecular formula is C20H27N7O3. The molecule has 10 heteroatoms. The normalized spacial score (nSPS) is 17.3. The molecule has 2 aromatic heterocycles. The maximum Gasteiger partial charge on any atom is 0.256 e. The predicted octanol–water partition coefficient (Wildman–Crippen LogP) is -0.164. The van der Waals surface area contributed by atoms with Gasteiger partial charge in [-0.3, -0.25) is 14.2 Å². The van der Waals surface area contributed by atoms with E-state index < -0.39 is 0 Å². The molecule has 4 heterocycles. The molecule has 2 aliphatic heterocycles. The van der Waals surface area contributed by atoms with Crippen LogP contribution in [0, 0.1) is 13.8 Å². The number of nitrogens with zero attached hydrogens (tertiary/aromatic N) is 7. The Kier molecular flexibility index (Phi) is 5.93. The van der Waals surface area contributed by atoms with Gasteiger partial charge in [-0.15, -0.1) is 0 Å². The molecule has 0 radical (unpaired) electrons. The third kappa shape index (κ3) is 4.28. The van der Waals surface area contributed by atoms with E-state index in [1.54, 1.807) is 25.1 Å². The fourth-order valence-corrected chi connectivity index (χ4v) is 3.69. The molecule has 2 saturated heterocycles. The Morgan fingerprint density at radius 3 is 2.27 bits per heavy atom. The summed E-state index contributed by atoms with van der Waals surface area (Å²) in [6.45, 7) is 9.15. The molecule has 0 spiro atoms. The van der Waals surface area contributed by atoms with E-state index in [2.05, 4.69) is 24.8 Å². The minimum Gasteiger partial charge on any atom is -0.378 e. The van der Waals surface area contributed by atoms with Crippen LogP contribution in [0.4, 0.5) is 11.6 Å². The molecular weight excluding hydrogens is 386 g/mol. The van der Waals surface area contributed by atoms with Crippen molar-refractivity contribution in [2.45, 2.75) is 20.4 Å². The summed E-state index contributed by atoms with van der Waals surface area (Å²) in [4.78, 5) is 44.2. The molecule has 1 amide bonds. The maximum atomic E-state index is 12.7. The van der Waals surface area contributed by atoms with E-state index in [4.69, 9.17) is 4.74 Å². The summed E-state index contributed by atoms with van der Waals surface area (Å²) in [5.41, 5.74) is 1.11. The monoisotopic (exact) mass is 413 g/mol. The number of carbonyl (C=O) groups is 1. The highest BCUT2D eigenvalue weighted by Crippen LogP contribution is 2.20. The highest BCUT2D eigenvalue weighted by molar-refractivity contribution is 5.76. The molecule has 0 N–H and O–H groups in total. The Hall–Kier alpha value is -3.01. The molecule has 0 aromatic carbocycles. The van der Waals surface area contributed by atoms with Gasteiger partial charge in [-0.25, -0.2) is 15.0 Å². The van der Waals surface area contributed by atoms with Crippen molar-refractivity contribution in [3.8, 4) is 0 Å². The molecule has 4 rings (SSSR count). The molecule has 160 valence electrons. The van der Waals surface area contributed by atoms with E-state index in [1.807, 2.05) is 6.07 Å². The topological polar surface area (TPSA) is 96.7 Å². The van der Waals surface area contributed by atoms with Crippen molar-refractivity contribution in [2.75, 3.05) is 62.3 Å². The smallest absolute Gasteiger partial charge is 0.256 e. The summed E-state index contributed by atoms with van der Waals surface area (Å²) in [6, 6.07) is 2.00. The zero-order valence-electron chi connectivity index (χ0n) is 17.5. The second kappa shape index (κ2) is 8.78. The van der Waals surface area contributed by atoms with Gasteiger partial charge in [0, 0.05) is 56.6 Å². The zero-order valence-corrected chi connectivity index (χ0v) is 17.5. The highest BCUT2D eigenvalue weighted by Gasteiger charge is 2.23. The van der Waals surface area contributed by atoms with Crippen LogP contribution in [0.5, 0.6) is 0 Å². The molecule has 30 heavy (non-hydrogen) atoms. The Morgan fingerprint density at radius 1 is 0.967 bits per heavy atom. The largest absolute Gasteiger partial charge is 0.378 e. The van der Waals surface area contributed by atoms with Crippen LogP contribution in [0.2, 0.25) is 0 Å². The van der Waals surface area contributed by atoms with Gasteiger partial charge in [-0.1, -0.05) is 0 Å². The van der Waals surface area contributed by atoms with Crippen LogP contribution in [0.25, 0.3) is 0 Å². The van der Waals surface area contributed by atoms with Crippen molar-refractivity contribution in [2.24, 2.45) is 0 Å². The molecule has 10 nitrogen and oxygen atoms in total. The minimum atomic E-state index is -0.161. The fraction of sp³-hybridized carbons (Fsp3) is 0.550. The Labute approximate surface area is 175 Å². The average Bonchev–Trinajstić information content (AvgIpc) is 2.80. The van der Waals surface area contributed by atoms with Crippen LogP contribution in [0.1, 0.15) is 11.3 Å². The number of piperazine rings is 1. The Bertz CT molecular complexity index is 963. The van der Waals surface area contributed by atoms with Crippen LogP contribution in [-0.4, -0.2) is 82.8 Å². The molecule has 0 atom stereocenters. The quantitative estimate of drug-likeness (QED) is 0.682. The highest BCUT2D eigenvalue weighted by atomic mass is 16.5. The number of hydrogen-bond acceptors (Lipinski definition) is 8. The van der Waals surface area contributed by atoms with Crippen molar-refractivity contribution < 1.29 is 9.53 Å². The number of rotatable bonds is 4. The van der Waals surface area contributed by atoms with Gasteiger partial charge in [0.15, 0.2) is 0 Å². The minimum absolute atomic E-state index is 0.0155. The van der Waals surface area contributed by atoms with Gasteiger partial charge in [0.2, 0.25) is 5.91 Å². The summed E-state index contributed by atoms with van der Waals surface area (Å²) in [6.07, 6.45) is 3.05. The van der Waals surface area contributed by atoms with Crippen LogP contribution in [0.3, 0.4) is 0 Å². The number of aromatic nitrogens is 4. The van der Waals surface area contributed by atoms with Gasteiger partial charge < -0.3 is 19.4 Å². The first-order chi connectivity index (χ1) is 14.5. The number of carbonyl (C=O) groups excluding carboxylic acids is 1. The van der Waals surface area contributed by atoms with E-state index in [9.17, 15) is 9.59 Å². The first-order valence-corrected chi connectivity index (χ1v) is 10.2. The van der Waals surface area contributed by atoms with E-state index in [1.165, 1.54) is 10.9 Å². The number of amides is 1. The number of anilines is 2. The van der Waals surface area contributed by atoms with Gasteiger partial charge in [-0.2, -0.15) is 0 Å². The molecule has 2 aromatic rings. The van der Waals surface area contributed by atoms with E-state index in [0.29, 0.717) is 50.7 Å². The van der Waals surface area contributed by atoms with E-state index in [-0.39, 0.29) is 18.0 Å². The number of hydrogen-bond donors (Lipinski definition) is 0. The molecule has 0 bridgehead atoms. The third-order valence-corrected chi connectivity index (χ3v) is 5.75. The third-order valence-electron chi connectivity index (χ3n) is 5.75. The summed E-state index contributed by atoms with van der Waals surface area (Å²) < 4.78 is 6.79. The van der Waals surface area contributed by atoms with Crippen molar-refractivity contribution in [3.05, 3.63) is 40.3 Å². The van der Waals surface area contributed by atoms with Crippen LogP contribution < -0.4 is 15.4 Å². The first-order valence-electron chi connectivity index (χ1n) is 10.2. The van der Waals surface area contributed by atoms with Gasteiger partial charge in [0.05, 0.1) is 19.5 Å². The zero-order chi connectivity index (χ0) is 21.1. The van der Waals surface area contributed by atoms with Crippen LogP contribution >= 0.6 is 0 Å². The molecule has 2 fully saturated rings. The van der Waals surface area contributed by atoms with Crippen molar-refractivity contribution in [3.63, 3.8) is 0 Å². The fourth-order valence-electron chi connectivity index (χ4n) is 3.69. The van der Waals surface area contributed by atoms with Crippen LogP contribution in [0.15, 0.2) is 23.5 Å². The van der Waals surface area contributed by atoms with Gasteiger partial charge in [0.25, 0.3) is 5.56 Å². The number of ether oxygens (including phenoxy) is 1. The summed E-state index contributed by atoms with van der Waals surface area (Å²) >= 11 is 0. The summed E-state index contributed by atoms with van der Waals surface area (Å²) in [7, 11) is 0. The number of aryl methyl sites for hydroxylation is 1. The molecule has 2 aliphatic rings. The molecule has 0 saturated carbocycles. The summed E-state index contributed by atoms with van der Waals surface area (Å²) in [5.74, 6) is 1.70. The average molecular weight is 413 g/mol. The Morgan fingerprint density at radius 2 is 1.60 bits per heavy atom. The van der Waals surface area contributed by atoms with Crippen molar-refractivity contribution in [1.82, 2.24) is 24.4 Å². The van der Waals surface area contributed by atoms with E-state index >= 15 is 0 Å². The second-order valence-corrected chi connectivity index (χ2v) is 7.59.